The standard InChI is InChI=1S/C13H26N2O2/c1-3-13(17,4-2)10-15-12(16)8-11-6-5-7-14-9-11/h11,14,17H,3-10H2,1-2H3,(H,15,16). The van der Waals surface area contributed by atoms with Crippen LogP contribution in [-0.2, 0) is 4.79 Å². The number of carbonyl (C=O) groups excluding carboxylic acids is 1. The number of nitrogens with one attached hydrogen (secondary N) is 2. The maximum Gasteiger partial charge on any atom is 0.220 e. The van der Waals surface area contributed by atoms with Crippen LogP contribution in [0.4, 0.5) is 0 Å². The van der Waals surface area contributed by atoms with Gasteiger partial charge in [-0.2, -0.15) is 0 Å². The van der Waals surface area contributed by atoms with Gasteiger partial charge >= 0.3 is 0 Å². The minimum absolute atomic E-state index is 0.0685. The van der Waals surface area contributed by atoms with Gasteiger partial charge in [0.2, 0.25) is 5.91 Å². The summed E-state index contributed by atoms with van der Waals surface area (Å²) in [6, 6.07) is 0. The van der Waals surface area contributed by atoms with Crippen molar-refractivity contribution in [2.75, 3.05) is 19.6 Å². The maximum absolute atomic E-state index is 11.7. The molecule has 100 valence electrons. The molecule has 1 rings (SSSR count). The van der Waals surface area contributed by atoms with Gasteiger partial charge in [0.25, 0.3) is 0 Å². The maximum atomic E-state index is 11.7. The van der Waals surface area contributed by atoms with Gasteiger partial charge in [0, 0.05) is 13.0 Å². The van der Waals surface area contributed by atoms with Crippen LogP contribution in [0.2, 0.25) is 0 Å². The molecular weight excluding hydrogens is 216 g/mol. The fraction of sp³-hybridized carbons (Fsp3) is 0.923. The molecule has 0 spiro atoms. The average Bonchev–Trinajstić information content (AvgIpc) is 2.37. The quantitative estimate of drug-likeness (QED) is 0.652. The molecule has 0 bridgehead atoms. The Hall–Kier alpha value is -0.610. The van der Waals surface area contributed by atoms with Crippen molar-refractivity contribution < 1.29 is 9.90 Å². The summed E-state index contributed by atoms with van der Waals surface area (Å²) in [5.41, 5.74) is -0.736. The van der Waals surface area contributed by atoms with Crippen LogP contribution in [0, 0.1) is 5.92 Å². The van der Waals surface area contributed by atoms with Gasteiger partial charge in [-0.25, -0.2) is 0 Å². The molecule has 0 aromatic carbocycles. The SMILES string of the molecule is CCC(O)(CC)CNC(=O)CC1CCCNC1. The van der Waals surface area contributed by atoms with Crippen LogP contribution in [0.1, 0.15) is 46.0 Å². The Bertz CT molecular complexity index is 234. The zero-order valence-electron chi connectivity index (χ0n) is 11.1. The highest BCUT2D eigenvalue weighted by Crippen LogP contribution is 2.15. The Labute approximate surface area is 104 Å². The molecule has 1 amide bonds. The summed E-state index contributed by atoms with van der Waals surface area (Å²) in [7, 11) is 0. The van der Waals surface area contributed by atoms with E-state index >= 15 is 0 Å². The predicted octanol–water partition coefficient (Wildman–Crippen LogP) is 1.04. The van der Waals surface area contributed by atoms with Crippen molar-refractivity contribution in [3.05, 3.63) is 0 Å². The summed E-state index contributed by atoms with van der Waals surface area (Å²) < 4.78 is 0. The molecule has 1 atom stereocenters. The number of hydrogen-bond acceptors (Lipinski definition) is 3. The summed E-state index contributed by atoms with van der Waals surface area (Å²) in [5.74, 6) is 0.527. The molecule has 1 aliphatic rings. The fourth-order valence-electron chi connectivity index (χ4n) is 2.20. The van der Waals surface area contributed by atoms with E-state index < -0.39 is 5.60 Å². The summed E-state index contributed by atoms with van der Waals surface area (Å²) in [5, 5.41) is 16.2. The predicted molar refractivity (Wildman–Crippen MR) is 68.8 cm³/mol. The first kappa shape index (κ1) is 14.5. The van der Waals surface area contributed by atoms with E-state index in [9.17, 15) is 9.90 Å². The molecule has 0 radical (unpaired) electrons. The lowest BCUT2D eigenvalue weighted by Gasteiger charge is -2.26. The number of piperidine rings is 1. The summed E-state index contributed by atoms with van der Waals surface area (Å²) in [6.07, 6.45) is 4.22. The van der Waals surface area contributed by atoms with Crippen molar-refractivity contribution in [3.63, 3.8) is 0 Å². The summed E-state index contributed by atoms with van der Waals surface area (Å²) in [6.45, 7) is 6.28. The molecule has 4 nitrogen and oxygen atoms in total. The molecule has 3 N–H and O–H groups in total. The van der Waals surface area contributed by atoms with Crippen molar-refractivity contribution in [1.82, 2.24) is 10.6 Å². The van der Waals surface area contributed by atoms with E-state index in [0.29, 0.717) is 31.7 Å². The molecule has 17 heavy (non-hydrogen) atoms. The molecule has 4 heteroatoms. The van der Waals surface area contributed by atoms with Crippen LogP contribution < -0.4 is 10.6 Å². The van der Waals surface area contributed by atoms with Gasteiger partial charge in [-0.05, 0) is 44.7 Å². The van der Waals surface area contributed by atoms with Gasteiger partial charge in [0.05, 0.1) is 5.60 Å². The molecule has 0 saturated carbocycles. The van der Waals surface area contributed by atoms with Crippen molar-refractivity contribution in [2.45, 2.75) is 51.6 Å². The van der Waals surface area contributed by atoms with Gasteiger partial charge in [0.15, 0.2) is 0 Å². The third-order valence-electron chi connectivity index (χ3n) is 3.80. The number of aliphatic hydroxyl groups is 1. The number of amides is 1. The molecule has 1 fully saturated rings. The van der Waals surface area contributed by atoms with Gasteiger partial charge in [-0.15, -0.1) is 0 Å². The molecule has 0 aromatic heterocycles. The van der Waals surface area contributed by atoms with Crippen molar-refractivity contribution in [3.8, 4) is 0 Å². The first-order valence-corrected chi connectivity index (χ1v) is 6.79. The minimum atomic E-state index is -0.736. The van der Waals surface area contributed by atoms with E-state index in [1.165, 1.54) is 0 Å². The Balaban J connectivity index is 2.24. The second kappa shape index (κ2) is 6.97. The summed E-state index contributed by atoms with van der Waals surface area (Å²) >= 11 is 0. The van der Waals surface area contributed by atoms with E-state index in [0.717, 1.165) is 25.9 Å². The highest BCUT2D eigenvalue weighted by molar-refractivity contribution is 5.76. The van der Waals surface area contributed by atoms with Gasteiger partial charge in [-0.3, -0.25) is 4.79 Å². The second-order valence-electron chi connectivity index (χ2n) is 5.12. The lowest BCUT2D eigenvalue weighted by molar-refractivity contribution is -0.123. The number of carbonyl (C=O) groups is 1. The van der Waals surface area contributed by atoms with Crippen LogP contribution >= 0.6 is 0 Å². The van der Waals surface area contributed by atoms with Crippen molar-refractivity contribution in [1.29, 1.82) is 0 Å². The van der Waals surface area contributed by atoms with Crippen LogP contribution in [0.15, 0.2) is 0 Å². The molecular formula is C13H26N2O2. The third-order valence-corrected chi connectivity index (χ3v) is 3.80. The summed E-state index contributed by atoms with van der Waals surface area (Å²) in [4.78, 5) is 11.7. The smallest absolute Gasteiger partial charge is 0.220 e. The zero-order valence-corrected chi connectivity index (χ0v) is 11.1. The Kier molecular flexibility index (Phi) is 5.92. The van der Waals surface area contributed by atoms with E-state index in [1.54, 1.807) is 0 Å². The van der Waals surface area contributed by atoms with Gasteiger partial charge in [-0.1, -0.05) is 13.8 Å². The Morgan fingerprint density at radius 2 is 2.18 bits per heavy atom. The monoisotopic (exact) mass is 242 g/mol. The average molecular weight is 242 g/mol. The minimum Gasteiger partial charge on any atom is -0.388 e. The Morgan fingerprint density at radius 1 is 1.47 bits per heavy atom. The topological polar surface area (TPSA) is 61.4 Å². The second-order valence-corrected chi connectivity index (χ2v) is 5.12. The first-order valence-electron chi connectivity index (χ1n) is 6.79. The van der Waals surface area contributed by atoms with E-state index in [-0.39, 0.29) is 5.91 Å². The number of rotatable bonds is 6. The largest absolute Gasteiger partial charge is 0.388 e. The molecule has 1 saturated heterocycles. The molecule has 0 aromatic rings. The number of hydrogen-bond donors (Lipinski definition) is 3. The van der Waals surface area contributed by atoms with Crippen LogP contribution in [0.25, 0.3) is 0 Å². The Morgan fingerprint density at radius 3 is 2.71 bits per heavy atom. The van der Waals surface area contributed by atoms with E-state index in [2.05, 4.69) is 10.6 Å². The molecule has 1 unspecified atom stereocenters. The first-order chi connectivity index (χ1) is 8.09. The highest BCUT2D eigenvalue weighted by Gasteiger charge is 2.23. The van der Waals surface area contributed by atoms with Gasteiger partial charge in [0.1, 0.15) is 0 Å². The molecule has 1 aliphatic heterocycles. The van der Waals surface area contributed by atoms with Crippen LogP contribution in [-0.4, -0.2) is 36.2 Å². The lowest BCUT2D eigenvalue weighted by atomic mass is 9.95. The van der Waals surface area contributed by atoms with E-state index in [1.807, 2.05) is 13.8 Å². The lowest BCUT2D eigenvalue weighted by Crippen LogP contribution is -2.43. The van der Waals surface area contributed by atoms with Gasteiger partial charge < -0.3 is 15.7 Å². The highest BCUT2D eigenvalue weighted by atomic mass is 16.3. The van der Waals surface area contributed by atoms with Crippen LogP contribution in [0.5, 0.6) is 0 Å². The van der Waals surface area contributed by atoms with E-state index in [4.69, 9.17) is 0 Å². The van der Waals surface area contributed by atoms with Crippen molar-refractivity contribution in [2.24, 2.45) is 5.92 Å². The normalized spacial score (nSPS) is 21.2. The fourth-order valence-corrected chi connectivity index (χ4v) is 2.20. The zero-order chi connectivity index (χ0) is 12.7. The molecule has 0 aliphatic carbocycles. The molecule has 1 heterocycles. The third kappa shape index (κ3) is 5.04. The van der Waals surface area contributed by atoms with Crippen LogP contribution in [0.3, 0.4) is 0 Å². The van der Waals surface area contributed by atoms with Crippen molar-refractivity contribution >= 4 is 5.91 Å².